The molecule has 2 aromatic carbocycles. The van der Waals surface area contributed by atoms with Crippen molar-refractivity contribution >= 4 is 27.5 Å². The van der Waals surface area contributed by atoms with Crippen molar-refractivity contribution in [3.05, 3.63) is 54.4 Å². The lowest BCUT2D eigenvalue weighted by Gasteiger charge is -2.16. The molecular weight excluding hydrogens is 380 g/mol. The van der Waals surface area contributed by atoms with Crippen molar-refractivity contribution in [3.63, 3.8) is 0 Å². The summed E-state index contributed by atoms with van der Waals surface area (Å²) in [7, 11) is -2.21. The van der Waals surface area contributed by atoms with E-state index in [0.29, 0.717) is 41.9 Å². The van der Waals surface area contributed by atoms with E-state index in [0.717, 1.165) is 11.1 Å². The van der Waals surface area contributed by atoms with Crippen LogP contribution in [0, 0.1) is 0 Å². The molecule has 4 rings (SSSR count). The number of benzene rings is 2. The fourth-order valence-corrected chi connectivity index (χ4v) is 3.87. The molecule has 2 heterocycles. The monoisotopic (exact) mass is 398 g/mol. The van der Waals surface area contributed by atoms with E-state index in [1.807, 2.05) is 36.4 Å². The van der Waals surface area contributed by atoms with Gasteiger partial charge in [-0.3, -0.25) is 4.31 Å². The molecule has 0 aliphatic carbocycles. The van der Waals surface area contributed by atoms with E-state index in [-0.39, 0.29) is 0 Å². The number of nitrogens with two attached hydrogens (primary N) is 1. The predicted molar refractivity (Wildman–Crippen MR) is 106 cm³/mol. The molecule has 28 heavy (non-hydrogen) atoms. The summed E-state index contributed by atoms with van der Waals surface area (Å²) in [6, 6.07) is 12.8. The van der Waals surface area contributed by atoms with Gasteiger partial charge in [0.25, 0.3) is 10.2 Å². The van der Waals surface area contributed by atoms with Crippen LogP contribution in [-0.2, 0) is 16.6 Å². The lowest BCUT2D eigenvalue weighted by molar-refractivity contribution is 0.415. The largest absolute Gasteiger partial charge is 0.497 e. The topological polar surface area (TPSA) is 123 Å². The average molecular weight is 398 g/mol. The van der Waals surface area contributed by atoms with Gasteiger partial charge in [0, 0.05) is 17.8 Å². The summed E-state index contributed by atoms with van der Waals surface area (Å²) >= 11 is 0. The molecule has 0 spiro atoms. The maximum atomic E-state index is 11.8. The second-order valence-electron chi connectivity index (χ2n) is 6.20. The number of methoxy groups -OCH3 is 1. The van der Waals surface area contributed by atoms with Gasteiger partial charge < -0.3 is 10.1 Å². The number of anilines is 3. The van der Waals surface area contributed by atoms with Gasteiger partial charge in [0.2, 0.25) is 5.95 Å². The van der Waals surface area contributed by atoms with Gasteiger partial charge in [0.15, 0.2) is 5.82 Å². The summed E-state index contributed by atoms with van der Waals surface area (Å²) in [4.78, 5) is 12.8. The highest BCUT2D eigenvalue weighted by Crippen LogP contribution is 2.32. The van der Waals surface area contributed by atoms with E-state index < -0.39 is 10.2 Å². The number of nitrogens with one attached hydrogen (secondary N) is 1. The number of ether oxygens (including phenoxy) is 1. The molecule has 0 saturated carbocycles. The predicted octanol–water partition coefficient (Wildman–Crippen LogP) is 1.86. The Hall–Kier alpha value is -3.24. The number of hydrogen-bond donors (Lipinski definition) is 2. The molecule has 0 bridgehead atoms. The number of hydrogen-bond acceptors (Lipinski definition) is 7. The first-order valence-corrected chi connectivity index (χ1v) is 9.98. The van der Waals surface area contributed by atoms with Crippen molar-refractivity contribution < 1.29 is 13.2 Å². The Balaban J connectivity index is 1.62. The average Bonchev–Trinajstić information content (AvgIpc) is 3.12. The number of nitrogens with zero attached hydrogens (tertiary/aromatic N) is 4. The Bertz CT molecular complexity index is 1140. The maximum Gasteiger partial charge on any atom is 0.299 e. The SMILES string of the molecule is COc1cccc(-c2ncnc(Nc3ccc4c(c3)N(S(N)(=O)=O)CC4)n2)c1. The van der Waals surface area contributed by atoms with Crippen LogP contribution in [0.4, 0.5) is 17.3 Å². The fraction of sp³-hybridized carbons (Fsp3) is 0.167. The third-order valence-electron chi connectivity index (χ3n) is 4.40. The molecule has 0 atom stereocenters. The molecule has 0 radical (unpaired) electrons. The highest BCUT2D eigenvalue weighted by atomic mass is 32.2. The highest BCUT2D eigenvalue weighted by molar-refractivity contribution is 7.90. The van der Waals surface area contributed by atoms with Gasteiger partial charge in [0.05, 0.1) is 12.8 Å². The molecular formula is C18H18N6O3S. The van der Waals surface area contributed by atoms with E-state index >= 15 is 0 Å². The van der Waals surface area contributed by atoms with E-state index in [2.05, 4.69) is 20.3 Å². The van der Waals surface area contributed by atoms with Gasteiger partial charge in [-0.2, -0.15) is 13.4 Å². The molecule has 0 saturated heterocycles. The Morgan fingerprint density at radius 2 is 2.04 bits per heavy atom. The zero-order valence-electron chi connectivity index (χ0n) is 15.0. The van der Waals surface area contributed by atoms with Crippen LogP contribution >= 0.6 is 0 Å². The summed E-state index contributed by atoms with van der Waals surface area (Å²) in [5, 5.41) is 8.39. The molecule has 10 heteroatoms. The Morgan fingerprint density at radius 3 is 2.82 bits per heavy atom. The molecule has 1 aliphatic heterocycles. The maximum absolute atomic E-state index is 11.8. The smallest absolute Gasteiger partial charge is 0.299 e. The molecule has 9 nitrogen and oxygen atoms in total. The van der Waals surface area contributed by atoms with Crippen LogP contribution < -0.4 is 19.5 Å². The van der Waals surface area contributed by atoms with Crippen LogP contribution in [0.5, 0.6) is 5.75 Å². The quantitative estimate of drug-likeness (QED) is 0.672. The molecule has 1 aliphatic rings. The minimum Gasteiger partial charge on any atom is -0.497 e. The third kappa shape index (κ3) is 3.59. The minimum absolute atomic E-state index is 0.337. The van der Waals surface area contributed by atoms with Crippen molar-refractivity contribution in [2.45, 2.75) is 6.42 Å². The summed E-state index contributed by atoms with van der Waals surface area (Å²) in [6.45, 7) is 0.337. The van der Waals surface area contributed by atoms with Crippen LogP contribution in [0.15, 0.2) is 48.8 Å². The number of rotatable bonds is 5. The molecule has 0 amide bonds. The zero-order chi connectivity index (χ0) is 19.7. The molecule has 3 N–H and O–H groups in total. The van der Waals surface area contributed by atoms with Crippen molar-refractivity contribution in [1.29, 1.82) is 0 Å². The van der Waals surface area contributed by atoms with Gasteiger partial charge in [-0.15, -0.1) is 0 Å². The number of aromatic nitrogens is 3. The molecule has 0 unspecified atom stereocenters. The van der Waals surface area contributed by atoms with Crippen LogP contribution in [0.3, 0.4) is 0 Å². The second-order valence-corrected chi connectivity index (χ2v) is 7.67. The summed E-state index contributed by atoms with van der Waals surface area (Å²) < 4.78 is 29.9. The van der Waals surface area contributed by atoms with Crippen molar-refractivity contribution in [1.82, 2.24) is 15.0 Å². The van der Waals surface area contributed by atoms with Crippen molar-refractivity contribution in [2.75, 3.05) is 23.3 Å². The lowest BCUT2D eigenvalue weighted by atomic mass is 10.1. The van der Waals surface area contributed by atoms with Crippen molar-refractivity contribution in [2.24, 2.45) is 5.14 Å². The molecule has 0 fully saturated rings. The first-order chi connectivity index (χ1) is 13.4. The standard InChI is InChI=1S/C18H18N6O3S/c1-27-15-4-2-3-13(9-15)17-20-11-21-18(23-17)22-14-6-5-12-7-8-24(16(12)10-14)28(19,25)26/h2-6,9-11H,7-8H2,1H3,(H2,19,25,26)(H,20,21,22,23). The van der Waals surface area contributed by atoms with Crippen LogP contribution in [-0.4, -0.2) is 37.0 Å². The van der Waals surface area contributed by atoms with Gasteiger partial charge in [-0.25, -0.2) is 15.1 Å². The lowest BCUT2D eigenvalue weighted by Crippen LogP contribution is -2.35. The van der Waals surface area contributed by atoms with Crippen LogP contribution in [0.1, 0.15) is 5.56 Å². The van der Waals surface area contributed by atoms with E-state index in [1.165, 1.54) is 10.6 Å². The molecule has 3 aromatic rings. The first-order valence-electron chi connectivity index (χ1n) is 8.48. The van der Waals surface area contributed by atoms with Gasteiger partial charge in [-0.1, -0.05) is 18.2 Å². The molecule has 1 aromatic heterocycles. The normalized spacial score (nSPS) is 13.3. The van der Waals surface area contributed by atoms with Crippen LogP contribution in [0.25, 0.3) is 11.4 Å². The Kier molecular flexibility index (Phi) is 4.57. The summed E-state index contributed by atoms with van der Waals surface area (Å²) in [5.74, 6) is 1.53. The van der Waals surface area contributed by atoms with Gasteiger partial charge in [0.1, 0.15) is 12.1 Å². The fourth-order valence-electron chi connectivity index (χ4n) is 3.08. The number of fused-ring (bicyclic) bond motifs is 1. The van der Waals surface area contributed by atoms with E-state index in [1.54, 1.807) is 13.2 Å². The Morgan fingerprint density at radius 1 is 1.18 bits per heavy atom. The summed E-state index contributed by atoms with van der Waals surface area (Å²) in [6.07, 6.45) is 2.03. The van der Waals surface area contributed by atoms with Crippen molar-refractivity contribution in [3.8, 4) is 17.1 Å². The van der Waals surface area contributed by atoms with E-state index in [9.17, 15) is 8.42 Å². The first kappa shape index (κ1) is 18.1. The Labute approximate surface area is 162 Å². The van der Waals surface area contributed by atoms with Gasteiger partial charge >= 0.3 is 0 Å². The minimum atomic E-state index is -3.80. The van der Waals surface area contributed by atoms with Crippen LogP contribution in [0.2, 0.25) is 0 Å². The van der Waals surface area contributed by atoms with Gasteiger partial charge in [-0.05, 0) is 36.2 Å². The summed E-state index contributed by atoms with van der Waals surface area (Å²) in [5.41, 5.74) is 2.93. The zero-order valence-corrected chi connectivity index (χ0v) is 15.8. The molecule has 144 valence electrons. The second kappa shape index (κ2) is 7.06. The van der Waals surface area contributed by atoms with E-state index in [4.69, 9.17) is 9.88 Å². The third-order valence-corrected chi connectivity index (χ3v) is 5.39. The highest BCUT2D eigenvalue weighted by Gasteiger charge is 2.26.